The van der Waals surface area contributed by atoms with Gasteiger partial charge in [0, 0.05) is 98.9 Å². The van der Waals surface area contributed by atoms with Crippen LogP contribution >= 0.6 is 11.6 Å². The highest BCUT2D eigenvalue weighted by molar-refractivity contribution is 6.34. The predicted molar refractivity (Wildman–Crippen MR) is 282 cm³/mol. The van der Waals surface area contributed by atoms with E-state index < -0.39 is 64.3 Å². The summed E-state index contributed by atoms with van der Waals surface area (Å²) in [4.78, 5) is 57.0. The van der Waals surface area contributed by atoms with Crippen molar-refractivity contribution in [1.29, 1.82) is 0 Å². The van der Waals surface area contributed by atoms with Gasteiger partial charge in [-0.2, -0.15) is 5.10 Å². The number of benzene rings is 4. The minimum absolute atomic E-state index is 0.0245. The number of aromatic nitrogens is 2. The number of hydrogen-bond donors (Lipinski definition) is 4. The third-order valence-corrected chi connectivity index (χ3v) is 17.6. The molecule has 0 unspecified atom stereocenters. The summed E-state index contributed by atoms with van der Waals surface area (Å²) in [6, 6.07) is 13.8. The number of nitrogens with two attached hydrogens (primary N) is 1. The van der Waals surface area contributed by atoms with Crippen LogP contribution in [0.5, 0.6) is 11.5 Å². The van der Waals surface area contributed by atoms with Crippen molar-refractivity contribution in [3.8, 4) is 22.6 Å². The minimum Gasteiger partial charge on any atom is -0.488 e. The zero-order valence-corrected chi connectivity index (χ0v) is 44.4. The van der Waals surface area contributed by atoms with E-state index in [1.807, 2.05) is 49.1 Å². The number of likely N-dealkylation sites (tertiary alicyclic amines) is 2. The van der Waals surface area contributed by atoms with Gasteiger partial charge >= 0.3 is 6.03 Å². The van der Waals surface area contributed by atoms with Crippen molar-refractivity contribution in [3.63, 3.8) is 0 Å². The van der Waals surface area contributed by atoms with Gasteiger partial charge in [0.25, 0.3) is 0 Å². The second kappa shape index (κ2) is 21.9. The number of carbonyl (C=O) groups excluding carboxylic acids is 4. The van der Waals surface area contributed by atoms with E-state index in [4.69, 9.17) is 26.8 Å². The van der Waals surface area contributed by atoms with Crippen LogP contribution in [-0.2, 0) is 22.2 Å². The number of nitrogens with one attached hydrogen (secondary N) is 2. The Hall–Kier alpha value is -6.28. The minimum atomic E-state index is -1.14. The molecule has 1 saturated carbocycles. The lowest BCUT2D eigenvalue weighted by Gasteiger charge is -2.43. The fraction of sp³-hybridized carbons (Fsp3) is 0.491. The molecule has 4 aliphatic heterocycles. The molecule has 0 spiro atoms. The predicted octanol–water partition coefficient (Wildman–Crippen LogP) is 8.52. The van der Waals surface area contributed by atoms with Crippen molar-refractivity contribution >= 4 is 52.1 Å². The molecule has 6 atom stereocenters. The highest BCUT2D eigenvalue weighted by atomic mass is 35.5. The molecule has 4 fully saturated rings. The van der Waals surface area contributed by atoms with Gasteiger partial charge in [-0.15, -0.1) is 0 Å². The number of carbonyl (C=O) groups is 4. The molecule has 1 aliphatic carbocycles. The summed E-state index contributed by atoms with van der Waals surface area (Å²) in [5.74, 6) is -5.00. The van der Waals surface area contributed by atoms with E-state index in [1.165, 1.54) is 33.8 Å². The van der Waals surface area contributed by atoms with Crippen molar-refractivity contribution in [2.45, 2.75) is 89.2 Å². The summed E-state index contributed by atoms with van der Waals surface area (Å²) in [5, 5.41) is 19.5. The molecular weight excluding hydrogens is 1020 g/mol. The summed E-state index contributed by atoms with van der Waals surface area (Å²) in [5.41, 5.74) is 5.32. The number of primary amides is 1. The van der Waals surface area contributed by atoms with Gasteiger partial charge in [-0.3, -0.25) is 29.3 Å². The normalized spacial score (nSPS) is 25.9. The number of aliphatic hydroxyl groups excluding tert-OH is 1. The SMILES string of the molecule is C[C@@H]1CN(C(=O)C2CCC(NC[C@]3(c4ccccc4)Oc4cc(F)c(Cl)c(-c5c(C(N)=O)ccc(OCCO)c5F)c4[C@@H]3C)CC2)CC[C@H]1CN1CC[C@@H](c2c(F)cc3c(N4CCC(=O)NC4=O)nn(C)c3c2F)[C@@H](C)C1. The van der Waals surface area contributed by atoms with E-state index in [2.05, 4.69) is 27.6 Å². The number of aliphatic hydroxyl groups is 1. The topological polar surface area (TPSA) is 185 Å². The number of ether oxygens (including phenoxy) is 2. The molecule has 5 amide bonds. The molecule has 0 radical (unpaired) electrons. The van der Waals surface area contributed by atoms with Gasteiger partial charge < -0.3 is 35.4 Å². The van der Waals surface area contributed by atoms with Crippen molar-refractivity contribution < 1.29 is 51.3 Å². The van der Waals surface area contributed by atoms with Crippen LogP contribution in [0.15, 0.2) is 54.6 Å². The summed E-state index contributed by atoms with van der Waals surface area (Å²) in [6.07, 6.45) is 4.31. The molecule has 20 heteroatoms. The molecule has 0 bridgehead atoms. The van der Waals surface area contributed by atoms with Crippen molar-refractivity contribution in [2.24, 2.45) is 36.5 Å². The Labute approximate surface area is 449 Å². The average molecular weight is 1090 g/mol. The lowest BCUT2D eigenvalue weighted by atomic mass is 9.77. The highest BCUT2D eigenvalue weighted by Gasteiger charge is 2.51. The Morgan fingerprint density at radius 3 is 2.35 bits per heavy atom. The van der Waals surface area contributed by atoms with Crippen LogP contribution in [0.25, 0.3) is 22.0 Å². The molecule has 1 aromatic heterocycles. The number of fused-ring (bicyclic) bond motifs is 2. The lowest BCUT2D eigenvalue weighted by Crippen LogP contribution is -2.50. The zero-order valence-electron chi connectivity index (χ0n) is 43.7. The molecule has 15 nitrogen and oxygen atoms in total. The molecular formula is C57H65ClF4N8O7. The van der Waals surface area contributed by atoms with Gasteiger partial charge in [-0.1, -0.05) is 62.7 Å². The van der Waals surface area contributed by atoms with Crippen molar-refractivity contribution in [2.75, 3.05) is 63.9 Å². The monoisotopic (exact) mass is 1080 g/mol. The smallest absolute Gasteiger partial charge is 0.329 e. The van der Waals surface area contributed by atoms with E-state index in [0.717, 1.165) is 31.4 Å². The number of halogens is 5. The average Bonchev–Trinajstić information content (AvgIpc) is 4.06. The molecule has 5 aromatic rings. The number of nitrogens with zero attached hydrogens (tertiary/aromatic N) is 5. The van der Waals surface area contributed by atoms with Crippen LogP contribution in [0.2, 0.25) is 5.02 Å². The van der Waals surface area contributed by atoms with Crippen LogP contribution in [0.4, 0.5) is 28.2 Å². The number of anilines is 1. The summed E-state index contributed by atoms with van der Waals surface area (Å²) < 4.78 is 78.5. The van der Waals surface area contributed by atoms with Crippen molar-refractivity contribution in [1.82, 2.24) is 30.2 Å². The number of imide groups is 1. The number of urea groups is 1. The first-order chi connectivity index (χ1) is 36.9. The standard InChI is InChI=1S/C57H65ClF4N8O7/c1-30-27-69(20-16-34(30)28-68-19-17-37(31(2)26-68)46-40(59)24-39-52(51(46)62)67(4)66-54(39)70-21-18-44(72)65-56(70)75)55(74)33-10-12-36(13-11-33)64-29-57(35-8-6-5-7-9-35)32(3)45-43(77-57)25-41(60)49(58)48(45)47-38(53(63)73)14-15-42(50(47)61)76-23-22-71/h5-9,14-15,24-25,30-34,36-37,64,71H,10-13,16-23,26-29H2,1-4H3,(H2,63,73)(H,65,72,75)/t30-,31+,32+,33?,34+,36?,37-,57+/m1/s1. The Morgan fingerprint density at radius 2 is 1.66 bits per heavy atom. The highest BCUT2D eigenvalue weighted by Crippen LogP contribution is 2.57. The van der Waals surface area contributed by atoms with Gasteiger partial charge in [-0.25, -0.2) is 22.4 Å². The second-order valence-corrected chi connectivity index (χ2v) is 22.2. The first kappa shape index (κ1) is 54.1. The summed E-state index contributed by atoms with van der Waals surface area (Å²) in [6.45, 7) is 9.29. The molecule has 5 N–H and O–H groups in total. The first-order valence-electron chi connectivity index (χ1n) is 26.7. The molecule has 77 heavy (non-hydrogen) atoms. The number of aryl methyl sites for hydroxylation is 1. The number of hydrogen-bond acceptors (Lipinski definition) is 10. The van der Waals surface area contributed by atoms with Crippen LogP contribution in [0.1, 0.15) is 105 Å². The molecule has 10 rings (SSSR count). The molecule has 3 saturated heterocycles. The van der Waals surface area contributed by atoms with Gasteiger partial charge in [0.1, 0.15) is 29.5 Å². The molecule has 5 aliphatic rings. The third kappa shape index (κ3) is 10.0. The van der Waals surface area contributed by atoms with Gasteiger partial charge in [0.15, 0.2) is 28.8 Å². The Balaban J connectivity index is 0.757. The Kier molecular flexibility index (Phi) is 15.4. The molecule has 4 aromatic carbocycles. The third-order valence-electron chi connectivity index (χ3n) is 17.2. The lowest BCUT2D eigenvalue weighted by molar-refractivity contribution is -0.139. The molecule has 410 valence electrons. The van der Waals surface area contributed by atoms with Gasteiger partial charge in [0.05, 0.1) is 22.6 Å². The maximum Gasteiger partial charge on any atom is 0.329 e. The van der Waals surface area contributed by atoms with E-state index in [-0.39, 0.29) is 112 Å². The molecule has 5 heterocycles. The summed E-state index contributed by atoms with van der Waals surface area (Å²) in [7, 11) is 1.56. The second-order valence-electron chi connectivity index (χ2n) is 21.8. The zero-order chi connectivity index (χ0) is 54.6. The maximum atomic E-state index is 16.5. The van der Waals surface area contributed by atoms with Gasteiger partial charge in [0.2, 0.25) is 17.7 Å². The largest absolute Gasteiger partial charge is 0.488 e. The number of amides is 5. The Bertz CT molecular complexity index is 3120. The van der Waals surface area contributed by atoms with Gasteiger partial charge in [-0.05, 0) is 92.5 Å². The fourth-order valence-corrected chi connectivity index (χ4v) is 13.3. The van der Waals surface area contributed by atoms with Crippen LogP contribution in [0, 0.1) is 46.9 Å². The van der Waals surface area contributed by atoms with E-state index in [0.29, 0.717) is 56.9 Å². The van der Waals surface area contributed by atoms with E-state index >= 15 is 17.6 Å². The van der Waals surface area contributed by atoms with E-state index in [9.17, 15) is 24.3 Å². The fourth-order valence-electron chi connectivity index (χ4n) is 13.1. The summed E-state index contributed by atoms with van der Waals surface area (Å²) >= 11 is 6.73. The quantitative estimate of drug-likeness (QED) is 0.0787. The number of piperidine rings is 2. The maximum absolute atomic E-state index is 16.5. The Morgan fingerprint density at radius 1 is 0.909 bits per heavy atom. The van der Waals surface area contributed by atoms with Crippen molar-refractivity contribution in [3.05, 3.63) is 105 Å². The first-order valence-corrected chi connectivity index (χ1v) is 27.1. The van der Waals surface area contributed by atoms with E-state index in [1.54, 1.807) is 7.05 Å². The van der Waals surface area contributed by atoms with Crippen LogP contribution in [-0.4, -0.2) is 114 Å². The van der Waals surface area contributed by atoms with Crippen LogP contribution < -0.4 is 30.7 Å². The number of rotatable bonds is 14. The van der Waals surface area contributed by atoms with Crippen LogP contribution in [0.3, 0.4) is 0 Å².